The summed E-state index contributed by atoms with van der Waals surface area (Å²) in [6, 6.07) is 10.6. The molecule has 1 unspecified atom stereocenters. The normalized spacial score (nSPS) is 18.8. The molecule has 0 aliphatic carbocycles. The Morgan fingerprint density at radius 2 is 2.10 bits per heavy atom. The predicted molar refractivity (Wildman–Crippen MR) is 84.2 cm³/mol. The quantitative estimate of drug-likeness (QED) is 0.795. The van der Waals surface area contributed by atoms with Gasteiger partial charge in [-0.25, -0.2) is 4.39 Å². The Morgan fingerprint density at radius 1 is 1.30 bits per heavy atom. The van der Waals surface area contributed by atoms with Gasteiger partial charge in [-0.05, 0) is 34.1 Å². The number of amides is 1. The van der Waals surface area contributed by atoms with Crippen LogP contribution in [-0.4, -0.2) is 16.6 Å². The molecule has 2 aromatic rings. The Balaban J connectivity index is 1.86. The molecular formula is C14H11BrFNOS2. The molecule has 0 N–H and O–H groups in total. The maximum Gasteiger partial charge on any atom is 0.234 e. The fourth-order valence-corrected chi connectivity index (χ4v) is 4.98. The van der Waals surface area contributed by atoms with E-state index in [1.165, 1.54) is 6.07 Å². The van der Waals surface area contributed by atoms with Crippen molar-refractivity contribution in [1.82, 2.24) is 4.90 Å². The van der Waals surface area contributed by atoms with Crippen molar-refractivity contribution < 1.29 is 9.18 Å². The third kappa shape index (κ3) is 2.77. The van der Waals surface area contributed by atoms with Crippen LogP contribution in [0.5, 0.6) is 0 Å². The number of hydrogen-bond donors (Lipinski definition) is 0. The van der Waals surface area contributed by atoms with Crippen LogP contribution in [0.3, 0.4) is 0 Å². The summed E-state index contributed by atoms with van der Waals surface area (Å²) in [7, 11) is 0. The molecular weight excluding hydrogens is 361 g/mol. The van der Waals surface area contributed by atoms with Gasteiger partial charge in [0.25, 0.3) is 0 Å². The topological polar surface area (TPSA) is 20.3 Å². The van der Waals surface area contributed by atoms with Gasteiger partial charge < -0.3 is 4.90 Å². The van der Waals surface area contributed by atoms with E-state index in [0.29, 0.717) is 17.9 Å². The number of hydrogen-bond acceptors (Lipinski definition) is 3. The molecule has 1 aromatic heterocycles. The van der Waals surface area contributed by atoms with Crippen LogP contribution >= 0.6 is 39.0 Å². The summed E-state index contributed by atoms with van der Waals surface area (Å²) in [4.78, 5) is 14.9. The van der Waals surface area contributed by atoms with Gasteiger partial charge in [0.2, 0.25) is 5.91 Å². The van der Waals surface area contributed by atoms with Crippen LogP contribution < -0.4 is 0 Å². The van der Waals surface area contributed by atoms with E-state index in [2.05, 4.69) is 15.9 Å². The fraction of sp³-hybridized carbons (Fsp3) is 0.214. The molecule has 2 heterocycles. The first-order valence-electron chi connectivity index (χ1n) is 6.05. The number of halogens is 2. The van der Waals surface area contributed by atoms with Crippen molar-refractivity contribution >= 4 is 44.9 Å². The van der Waals surface area contributed by atoms with E-state index in [1.807, 2.05) is 12.1 Å². The van der Waals surface area contributed by atoms with Crippen molar-refractivity contribution in [3.05, 3.63) is 56.4 Å². The van der Waals surface area contributed by atoms with Gasteiger partial charge in [0.15, 0.2) is 0 Å². The van der Waals surface area contributed by atoms with Crippen LogP contribution in [0.4, 0.5) is 4.39 Å². The number of thiophene rings is 1. The summed E-state index contributed by atoms with van der Waals surface area (Å²) in [5.41, 5.74) is 0.559. The Bertz CT molecular complexity index is 646. The van der Waals surface area contributed by atoms with E-state index >= 15 is 0 Å². The Morgan fingerprint density at radius 3 is 2.80 bits per heavy atom. The summed E-state index contributed by atoms with van der Waals surface area (Å²) in [5, 5.41) is -0.0154. The molecule has 1 atom stereocenters. The van der Waals surface area contributed by atoms with Crippen LogP contribution in [0.15, 0.2) is 40.2 Å². The zero-order chi connectivity index (χ0) is 14.1. The summed E-state index contributed by atoms with van der Waals surface area (Å²) >= 11 is 6.65. The number of thioether (sulfide) groups is 1. The minimum absolute atomic E-state index is 0.0154. The smallest absolute Gasteiger partial charge is 0.234 e. The molecule has 0 saturated carbocycles. The molecule has 1 aliphatic rings. The maximum absolute atomic E-state index is 13.8. The van der Waals surface area contributed by atoms with Crippen LogP contribution in [0.1, 0.15) is 15.8 Å². The van der Waals surface area contributed by atoms with Gasteiger partial charge in [0.1, 0.15) is 11.2 Å². The van der Waals surface area contributed by atoms with Gasteiger partial charge in [0, 0.05) is 10.4 Å². The number of carbonyl (C=O) groups excluding carboxylic acids is 1. The van der Waals surface area contributed by atoms with Crippen molar-refractivity contribution in [1.29, 1.82) is 0 Å². The summed E-state index contributed by atoms with van der Waals surface area (Å²) in [5.74, 6) is 0.255. The first-order valence-corrected chi connectivity index (χ1v) is 8.70. The molecule has 0 spiro atoms. The molecule has 2 nitrogen and oxygen atoms in total. The van der Waals surface area contributed by atoms with Crippen LogP contribution in [0.2, 0.25) is 0 Å². The minimum Gasteiger partial charge on any atom is -0.321 e. The zero-order valence-electron chi connectivity index (χ0n) is 10.4. The molecule has 1 saturated heterocycles. The Hall–Kier alpha value is -0.850. The standard InChI is InChI=1S/C14H11BrFNOS2/c15-12-6-5-11(20-12)14-17(13(18)8-19-14)7-9-3-1-2-4-10(9)16/h1-6,14H,7-8H2. The third-order valence-corrected chi connectivity index (χ3v) is 6.17. The lowest BCUT2D eigenvalue weighted by Gasteiger charge is -2.23. The second-order valence-corrected chi connectivity index (χ2v) is 7.98. The SMILES string of the molecule is O=C1CSC(c2ccc(Br)s2)N1Cc1ccccc1F. The monoisotopic (exact) mass is 371 g/mol. The lowest BCUT2D eigenvalue weighted by atomic mass is 10.2. The predicted octanol–water partition coefficient (Wildman–Crippen LogP) is 4.42. The largest absolute Gasteiger partial charge is 0.321 e. The van der Waals surface area contributed by atoms with Gasteiger partial charge in [-0.3, -0.25) is 4.79 Å². The van der Waals surface area contributed by atoms with Gasteiger partial charge in [-0.15, -0.1) is 23.1 Å². The lowest BCUT2D eigenvalue weighted by molar-refractivity contribution is -0.128. The highest BCUT2D eigenvalue weighted by Crippen LogP contribution is 2.43. The minimum atomic E-state index is -0.261. The second-order valence-electron chi connectivity index (χ2n) is 4.42. The van der Waals surface area contributed by atoms with Crippen LogP contribution in [0, 0.1) is 5.82 Å². The average Bonchev–Trinajstić information content (AvgIpc) is 3.00. The maximum atomic E-state index is 13.8. The second kappa shape index (κ2) is 5.87. The number of nitrogens with zero attached hydrogens (tertiary/aromatic N) is 1. The molecule has 0 radical (unpaired) electrons. The van der Waals surface area contributed by atoms with Gasteiger partial charge in [-0.1, -0.05) is 18.2 Å². The average molecular weight is 372 g/mol. The Labute approximate surface area is 133 Å². The number of benzene rings is 1. The van der Waals surface area contributed by atoms with Gasteiger partial charge >= 0.3 is 0 Å². The van der Waals surface area contributed by atoms with Crippen molar-refractivity contribution in [2.24, 2.45) is 0 Å². The van der Waals surface area contributed by atoms with Crippen molar-refractivity contribution in [2.45, 2.75) is 11.9 Å². The molecule has 104 valence electrons. The molecule has 3 rings (SSSR count). The first-order chi connectivity index (χ1) is 9.65. The molecule has 1 amide bonds. The fourth-order valence-electron chi connectivity index (χ4n) is 2.13. The molecule has 1 aliphatic heterocycles. The molecule has 1 fully saturated rings. The highest BCUT2D eigenvalue weighted by Gasteiger charge is 2.34. The van der Waals surface area contributed by atoms with Crippen molar-refractivity contribution in [3.8, 4) is 0 Å². The zero-order valence-corrected chi connectivity index (χ0v) is 13.6. The van der Waals surface area contributed by atoms with Crippen molar-refractivity contribution in [3.63, 3.8) is 0 Å². The van der Waals surface area contributed by atoms with E-state index in [0.717, 1.165) is 8.66 Å². The van der Waals surface area contributed by atoms with E-state index in [4.69, 9.17) is 0 Å². The van der Waals surface area contributed by atoms with Gasteiger partial charge in [-0.2, -0.15) is 0 Å². The summed E-state index contributed by atoms with van der Waals surface area (Å²) in [6.45, 7) is 0.318. The molecule has 0 bridgehead atoms. The van der Waals surface area contributed by atoms with E-state index < -0.39 is 0 Å². The molecule has 20 heavy (non-hydrogen) atoms. The Kier molecular flexibility index (Phi) is 4.14. The summed E-state index contributed by atoms with van der Waals surface area (Å²) < 4.78 is 14.8. The highest BCUT2D eigenvalue weighted by molar-refractivity contribution is 9.11. The molecule has 1 aromatic carbocycles. The van der Waals surface area contributed by atoms with E-state index in [9.17, 15) is 9.18 Å². The van der Waals surface area contributed by atoms with Crippen molar-refractivity contribution in [2.75, 3.05) is 5.75 Å². The lowest BCUT2D eigenvalue weighted by Crippen LogP contribution is -2.27. The number of carbonyl (C=O) groups is 1. The van der Waals surface area contributed by atoms with Gasteiger partial charge in [0.05, 0.1) is 16.1 Å². The number of rotatable bonds is 3. The molecule has 6 heteroatoms. The van der Waals surface area contributed by atoms with Crippen LogP contribution in [0.25, 0.3) is 0 Å². The van der Waals surface area contributed by atoms with Crippen LogP contribution in [-0.2, 0) is 11.3 Å². The first kappa shape index (κ1) is 14.1. The van der Waals surface area contributed by atoms with E-state index in [-0.39, 0.29) is 17.1 Å². The highest BCUT2D eigenvalue weighted by atomic mass is 79.9. The van der Waals surface area contributed by atoms with E-state index in [1.54, 1.807) is 46.2 Å². The third-order valence-electron chi connectivity index (χ3n) is 3.10. The summed E-state index contributed by atoms with van der Waals surface area (Å²) in [6.07, 6.45) is 0.